The Morgan fingerprint density at radius 2 is 2.07 bits per heavy atom. The van der Waals surface area contributed by atoms with Crippen molar-refractivity contribution in [1.29, 1.82) is 0 Å². The molecule has 1 aliphatic rings. The molecule has 0 heterocycles. The summed E-state index contributed by atoms with van der Waals surface area (Å²) in [5, 5.41) is 27.1. The normalized spacial score (nSPS) is 25.4. The zero-order valence-corrected chi connectivity index (χ0v) is 7.39. The predicted octanol–water partition coefficient (Wildman–Crippen LogP) is 0.945. The second kappa shape index (κ2) is 3.22. The Labute approximate surface area is 80.4 Å². The SMILES string of the molecule is Oc1cc(F)ccc1C1CC1C(O)O. The van der Waals surface area contributed by atoms with Crippen LogP contribution in [-0.2, 0) is 0 Å². The molecule has 0 spiro atoms. The van der Waals surface area contributed by atoms with Crippen LogP contribution in [0.3, 0.4) is 0 Å². The molecular weight excluding hydrogens is 187 g/mol. The van der Waals surface area contributed by atoms with Crippen LogP contribution in [0.25, 0.3) is 0 Å². The van der Waals surface area contributed by atoms with E-state index in [9.17, 15) is 9.50 Å². The van der Waals surface area contributed by atoms with Crippen LogP contribution in [0.1, 0.15) is 17.9 Å². The topological polar surface area (TPSA) is 60.7 Å². The van der Waals surface area contributed by atoms with E-state index in [2.05, 4.69) is 0 Å². The average Bonchev–Trinajstić information content (AvgIpc) is 2.83. The third-order valence-corrected chi connectivity index (χ3v) is 2.61. The van der Waals surface area contributed by atoms with Crippen molar-refractivity contribution >= 4 is 0 Å². The molecule has 0 bridgehead atoms. The van der Waals surface area contributed by atoms with Crippen LogP contribution in [0.15, 0.2) is 18.2 Å². The molecule has 1 aliphatic carbocycles. The predicted molar refractivity (Wildman–Crippen MR) is 47.1 cm³/mol. The Balaban J connectivity index is 2.19. The number of benzene rings is 1. The molecule has 0 aromatic heterocycles. The van der Waals surface area contributed by atoms with Gasteiger partial charge in [0, 0.05) is 12.0 Å². The monoisotopic (exact) mass is 198 g/mol. The standard InChI is InChI=1S/C10H11FO3/c11-5-1-2-6(9(12)3-5)7-4-8(7)10(13)14/h1-3,7-8,10,12-14H,4H2. The first kappa shape index (κ1) is 9.43. The van der Waals surface area contributed by atoms with E-state index in [0.29, 0.717) is 12.0 Å². The molecule has 76 valence electrons. The lowest BCUT2D eigenvalue weighted by atomic mass is 10.1. The van der Waals surface area contributed by atoms with Crippen LogP contribution in [0.4, 0.5) is 4.39 Å². The van der Waals surface area contributed by atoms with E-state index in [0.717, 1.165) is 6.07 Å². The summed E-state index contributed by atoms with van der Waals surface area (Å²) in [5.41, 5.74) is 0.588. The Morgan fingerprint density at radius 1 is 1.36 bits per heavy atom. The van der Waals surface area contributed by atoms with Gasteiger partial charge in [-0.3, -0.25) is 0 Å². The largest absolute Gasteiger partial charge is 0.508 e. The Kier molecular flexibility index (Phi) is 2.17. The smallest absolute Gasteiger partial charge is 0.154 e. The van der Waals surface area contributed by atoms with Gasteiger partial charge in [-0.1, -0.05) is 6.07 Å². The quantitative estimate of drug-likeness (QED) is 0.620. The summed E-state index contributed by atoms with van der Waals surface area (Å²) < 4.78 is 12.6. The highest BCUT2D eigenvalue weighted by molar-refractivity contribution is 5.39. The fourth-order valence-electron chi connectivity index (χ4n) is 1.73. The average molecular weight is 198 g/mol. The van der Waals surface area contributed by atoms with E-state index in [1.165, 1.54) is 12.1 Å². The first-order chi connectivity index (χ1) is 6.59. The van der Waals surface area contributed by atoms with Gasteiger partial charge in [-0.25, -0.2) is 4.39 Å². The number of aliphatic hydroxyl groups excluding tert-OH is 1. The van der Waals surface area contributed by atoms with Crippen molar-refractivity contribution in [3.05, 3.63) is 29.6 Å². The Bertz CT molecular complexity index is 351. The van der Waals surface area contributed by atoms with E-state index in [1.807, 2.05) is 0 Å². The fourth-order valence-corrected chi connectivity index (χ4v) is 1.73. The van der Waals surface area contributed by atoms with Crippen molar-refractivity contribution in [3.8, 4) is 5.75 Å². The van der Waals surface area contributed by atoms with Crippen LogP contribution >= 0.6 is 0 Å². The molecule has 2 unspecified atom stereocenters. The zero-order valence-electron chi connectivity index (χ0n) is 7.39. The maximum absolute atomic E-state index is 12.6. The third kappa shape index (κ3) is 1.58. The van der Waals surface area contributed by atoms with E-state index in [4.69, 9.17) is 10.2 Å². The molecule has 0 radical (unpaired) electrons. The van der Waals surface area contributed by atoms with Gasteiger partial charge in [0.15, 0.2) is 6.29 Å². The third-order valence-electron chi connectivity index (χ3n) is 2.61. The van der Waals surface area contributed by atoms with Crippen molar-refractivity contribution in [2.45, 2.75) is 18.6 Å². The van der Waals surface area contributed by atoms with E-state index in [-0.39, 0.29) is 17.6 Å². The Hall–Kier alpha value is -1.13. The van der Waals surface area contributed by atoms with Gasteiger partial charge in [-0.15, -0.1) is 0 Å². The summed E-state index contributed by atoms with van der Waals surface area (Å²) in [6.45, 7) is 0. The number of halogens is 1. The van der Waals surface area contributed by atoms with Crippen molar-refractivity contribution in [2.24, 2.45) is 5.92 Å². The molecule has 1 fully saturated rings. The minimum atomic E-state index is -1.36. The molecule has 0 aliphatic heterocycles. The van der Waals surface area contributed by atoms with Crippen molar-refractivity contribution in [2.75, 3.05) is 0 Å². The minimum Gasteiger partial charge on any atom is -0.508 e. The highest BCUT2D eigenvalue weighted by Gasteiger charge is 2.44. The van der Waals surface area contributed by atoms with Crippen molar-refractivity contribution in [3.63, 3.8) is 0 Å². The number of aromatic hydroxyl groups is 1. The summed E-state index contributed by atoms with van der Waals surface area (Å²) >= 11 is 0. The number of phenols is 1. The van der Waals surface area contributed by atoms with E-state index in [1.54, 1.807) is 0 Å². The molecule has 1 aromatic rings. The molecule has 14 heavy (non-hydrogen) atoms. The second-order valence-corrected chi connectivity index (χ2v) is 3.62. The molecule has 3 N–H and O–H groups in total. The second-order valence-electron chi connectivity index (χ2n) is 3.62. The van der Waals surface area contributed by atoms with E-state index < -0.39 is 12.1 Å². The molecule has 0 amide bonds. The van der Waals surface area contributed by atoms with Gasteiger partial charge >= 0.3 is 0 Å². The number of hydrogen-bond acceptors (Lipinski definition) is 3. The number of rotatable bonds is 2. The van der Waals surface area contributed by atoms with Crippen LogP contribution in [0.5, 0.6) is 5.75 Å². The van der Waals surface area contributed by atoms with E-state index >= 15 is 0 Å². The lowest BCUT2D eigenvalue weighted by Gasteiger charge is -2.04. The number of hydrogen-bond donors (Lipinski definition) is 3. The van der Waals surface area contributed by atoms with Crippen LogP contribution < -0.4 is 0 Å². The maximum atomic E-state index is 12.6. The van der Waals surface area contributed by atoms with Crippen LogP contribution in [-0.4, -0.2) is 21.6 Å². The summed E-state index contributed by atoms with van der Waals surface area (Å²) in [7, 11) is 0. The minimum absolute atomic E-state index is 0.0596. The van der Waals surface area contributed by atoms with Gasteiger partial charge in [0.1, 0.15) is 11.6 Å². The fraction of sp³-hybridized carbons (Fsp3) is 0.400. The van der Waals surface area contributed by atoms with Crippen LogP contribution in [0.2, 0.25) is 0 Å². The summed E-state index contributed by atoms with van der Waals surface area (Å²) in [5.74, 6) is -0.895. The molecular formula is C10H11FO3. The van der Waals surface area contributed by atoms with Crippen molar-refractivity contribution in [1.82, 2.24) is 0 Å². The lowest BCUT2D eigenvalue weighted by Crippen LogP contribution is -2.07. The van der Waals surface area contributed by atoms with Gasteiger partial charge in [-0.2, -0.15) is 0 Å². The van der Waals surface area contributed by atoms with Crippen molar-refractivity contribution < 1.29 is 19.7 Å². The highest BCUT2D eigenvalue weighted by atomic mass is 19.1. The molecule has 2 atom stereocenters. The molecule has 4 heteroatoms. The molecule has 0 saturated heterocycles. The van der Waals surface area contributed by atoms with Gasteiger partial charge in [-0.05, 0) is 24.0 Å². The van der Waals surface area contributed by atoms with Crippen LogP contribution in [0, 0.1) is 11.7 Å². The number of phenolic OH excluding ortho intramolecular Hbond substituents is 1. The summed E-state index contributed by atoms with van der Waals surface area (Å²) in [4.78, 5) is 0. The van der Waals surface area contributed by atoms with Gasteiger partial charge in [0.25, 0.3) is 0 Å². The first-order valence-electron chi connectivity index (χ1n) is 4.44. The first-order valence-corrected chi connectivity index (χ1v) is 4.44. The Morgan fingerprint density at radius 3 is 2.57 bits per heavy atom. The van der Waals surface area contributed by atoms with Gasteiger partial charge in [0.2, 0.25) is 0 Å². The molecule has 3 nitrogen and oxygen atoms in total. The molecule has 2 rings (SSSR count). The summed E-state index contributed by atoms with van der Waals surface area (Å²) in [6, 6.07) is 3.78. The molecule has 1 saturated carbocycles. The number of aliphatic hydroxyl groups is 2. The van der Waals surface area contributed by atoms with Gasteiger partial charge < -0.3 is 15.3 Å². The van der Waals surface area contributed by atoms with Gasteiger partial charge in [0.05, 0.1) is 0 Å². The highest BCUT2D eigenvalue weighted by Crippen LogP contribution is 2.51. The lowest BCUT2D eigenvalue weighted by molar-refractivity contribution is -0.0577. The zero-order chi connectivity index (χ0) is 10.3. The molecule has 1 aromatic carbocycles. The maximum Gasteiger partial charge on any atom is 0.154 e. The summed E-state index contributed by atoms with van der Waals surface area (Å²) in [6.07, 6.45) is -0.735.